The van der Waals surface area contributed by atoms with Crippen LogP contribution in [-0.4, -0.2) is 6.29 Å². The summed E-state index contributed by atoms with van der Waals surface area (Å²) in [6.07, 6.45) is 0.744. The van der Waals surface area contributed by atoms with E-state index in [1.54, 1.807) is 24.3 Å². The largest absolute Gasteiger partial charge is 0.298 e. The first-order valence-corrected chi connectivity index (χ1v) is 5.29. The first kappa shape index (κ1) is 10.7. The third-order valence-electron chi connectivity index (χ3n) is 2.12. The SMILES string of the molecule is O=Cc1cc(Cl)c2c(Cl)c(Cl)ccc2c1. The molecule has 0 radical (unpaired) electrons. The molecule has 0 spiro atoms. The number of fused-ring (bicyclic) bond motifs is 1. The highest BCUT2D eigenvalue weighted by Crippen LogP contribution is 2.35. The highest BCUT2D eigenvalue weighted by Gasteiger charge is 2.08. The second kappa shape index (κ2) is 4.01. The minimum Gasteiger partial charge on any atom is -0.298 e. The lowest BCUT2D eigenvalue weighted by Gasteiger charge is -2.05. The van der Waals surface area contributed by atoms with Gasteiger partial charge in [0.25, 0.3) is 0 Å². The van der Waals surface area contributed by atoms with E-state index in [1.807, 2.05) is 0 Å². The Hall–Kier alpha value is -0.760. The molecule has 0 N–H and O–H groups in total. The predicted octanol–water partition coefficient (Wildman–Crippen LogP) is 4.61. The van der Waals surface area contributed by atoms with Gasteiger partial charge in [-0.2, -0.15) is 0 Å². The summed E-state index contributed by atoms with van der Waals surface area (Å²) in [5.74, 6) is 0. The molecule has 0 aliphatic carbocycles. The zero-order valence-electron chi connectivity index (χ0n) is 7.43. The molecule has 0 amide bonds. The monoisotopic (exact) mass is 258 g/mol. The number of aldehydes is 1. The highest BCUT2D eigenvalue weighted by atomic mass is 35.5. The van der Waals surface area contributed by atoms with Gasteiger partial charge in [-0.25, -0.2) is 0 Å². The molecule has 15 heavy (non-hydrogen) atoms. The average molecular weight is 260 g/mol. The van der Waals surface area contributed by atoms with Crippen LogP contribution in [0.4, 0.5) is 0 Å². The number of rotatable bonds is 1. The van der Waals surface area contributed by atoms with Gasteiger partial charge in [-0.15, -0.1) is 0 Å². The van der Waals surface area contributed by atoms with E-state index < -0.39 is 0 Å². The van der Waals surface area contributed by atoms with Crippen LogP contribution in [0, 0.1) is 0 Å². The molecular weight excluding hydrogens is 254 g/mol. The zero-order chi connectivity index (χ0) is 11.0. The molecule has 4 heteroatoms. The van der Waals surface area contributed by atoms with E-state index in [9.17, 15) is 4.79 Å². The van der Waals surface area contributed by atoms with Gasteiger partial charge in [0.05, 0.1) is 15.1 Å². The molecule has 0 aliphatic heterocycles. The Labute approximate surface area is 102 Å². The summed E-state index contributed by atoms with van der Waals surface area (Å²) < 4.78 is 0. The van der Waals surface area contributed by atoms with E-state index in [4.69, 9.17) is 34.8 Å². The van der Waals surface area contributed by atoms with Crippen molar-refractivity contribution < 1.29 is 4.79 Å². The molecule has 0 aromatic heterocycles. The highest BCUT2D eigenvalue weighted by molar-refractivity contribution is 6.48. The normalized spacial score (nSPS) is 10.6. The molecule has 1 nitrogen and oxygen atoms in total. The molecule has 0 heterocycles. The molecule has 2 aromatic carbocycles. The smallest absolute Gasteiger partial charge is 0.150 e. The van der Waals surface area contributed by atoms with Crippen molar-refractivity contribution in [3.63, 3.8) is 0 Å². The van der Waals surface area contributed by atoms with Crippen molar-refractivity contribution in [2.75, 3.05) is 0 Å². The molecule has 0 saturated carbocycles. The molecule has 0 bridgehead atoms. The Bertz CT molecular complexity index is 549. The van der Waals surface area contributed by atoms with Crippen molar-refractivity contribution in [3.05, 3.63) is 44.9 Å². The van der Waals surface area contributed by atoms with Gasteiger partial charge in [0, 0.05) is 10.9 Å². The van der Waals surface area contributed by atoms with Gasteiger partial charge < -0.3 is 0 Å². The summed E-state index contributed by atoms with van der Waals surface area (Å²) in [5, 5.41) is 2.78. The summed E-state index contributed by atoms with van der Waals surface area (Å²) in [6.45, 7) is 0. The van der Waals surface area contributed by atoms with Crippen LogP contribution in [-0.2, 0) is 0 Å². The third-order valence-corrected chi connectivity index (χ3v) is 3.22. The van der Waals surface area contributed by atoms with Crippen molar-refractivity contribution in [1.29, 1.82) is 0 Å². The Morgan fingerprint density at radius 1 is 1.00 bits per heavy atom. The van der Waals surface area contributed by atoms with E-state index in [-0.39, 0.29) is 0 Å². The van der Waals surface area contributed by atoms with E-state index in [2.05, 4.69) is 0 Å². The van der Waals surface area contributed by atoms with E-state index in [0.717, 1.165) is 11.7 Å². The zero-order valence-corrected chi connectivity index (χ0v) is 9.70. The van der Waals surface area contributed by atoms with Crippen LogP contribution in [0.1, 0.15) is 10.4 Å². The second-order valence-corrected chi connectivity index (χ2v) is 4.27. The van der Waals surface area contributed by atoms with E-state index >= 15 is 0 Å². The van der Waals surface area contributed by atoms with Crippen LogP contribution in [0.25, 0.3) is 10.8 Å². The third kappa shape index (κ3) is 1.83. The fourth-order valence-electron chi connectivity index (χ4n) is 1.44. The average Bonchev–Trinajstić information content (AvgIpc) is 2.23. The molecular formula is C11H5Cl3O. The number of hydrogen-bond donors (Lipinski definition) is 0. The minimum absolute atomic E-state index is 0.414. The molecule has 0 saturated heterocycles. The maximum atomic E-state index is 10.6. The molecule has 0 unspecified atom stereocenters. The van der Waals surface area contributed by atoms with Gasteiger partial charge in [0.15, 0.2) is 0 Å². The standard InChI is InChI=1S/C11H5Cl3O/c12-8-2-1-7-3-6(5-15)4-9(13)10(7)11(8)14/h1-5H. The summed E-state index contributed by atoms with van der Waals surface area (Å²) in [5.41, 5.74) is 0.519. The van der Waals surface area contributed by atoms with Crippen molar-refractivity contribution in [3.8, 4) is 0 Å². The first-order chi connectivity index (χ1) is 7.13. The van der Waals surface area contributed by atoms with Gasteiger partial charge in [-0.1, -0.05) is 40.9 Å². The summed E-state index contributed by atoms with van der Waals surface area (Å²) in [4.78, 5) is 10.6. The van der Waals surface area contributed by atoms with E-state index in [0.29, 0.717) is 26.0 Å². The number of carbonyl (C=O) groups is 1. The number of halogens is 3. The van der Waals surface area contributed by atoms with Gasteiger partial charge in [0.1, 0.15) is 6.29 Å². The van der Waals surface area contributed by atoms with Gasteiger partial charge >= 0.3 is 0 Å². The fourth-order valence-corrected chi connectivity index (χ4v) is 2.25. The Morgan fingerprint density at radius 3 is 2.40 bits per heavy atom. The summed E-state index contributed by atoms with van der Waals surface area (Å²) >= 11 is 17.9. The van der Waals surface area contributed by atoms with Crippen molar-refractivity contribution in [1.82, 2.24) is 0 Å². The number of hydrogen-bond acceptors (Lipinski definition) is 1. The Morgan fingerprint density at radius 2 is 1.73 bits per heavy atom. The maximum absolute atomic E-state index is 10.6. The lowest BCUT2D eigenvalue weighted by atomic mass is 10.1. The Kier molecular flexibility index (Phi) is 2.87. The molecule has 76 valence electrons. The van der Waals surface area contributed by atoms with Crippen LogP contribution < -0.4 is 0 Å². The molecule has 0 atom stereocenters. The molecule has 0 aliphatic rings. The van der Waals surface area contributed by atoms with E-state index in [1.165, 1.54) is 0 Å². The lowest BCUT2D eigenvalue weighted by Crippen LogP contribution is -1.83. The number of benzene rings is 2. The number of carbonyl (C=O) groups excluding carboxylic acids is 1. The lowest BCUT2D eigenvalue weighted by molar-refractivity contribution is 0.112. The van der Waals surface area contributed by atoms with Crippen LogP contribution in [0.2, 0.25) is 15.1 Å². The van der Waals surface area contributed by atoms with Crippen molar-refractivity contribution in [2.45, 2.75) is 0 Å². The Balaban J connectivity index is 2.91. The molecule has 2 aromatic rings. The second-order valence-electron chi connectivity index (χ2n) is 3.08. The van der Waals surface area contributed by atoms with Crippen molar-refractivity contribution in [2.24, 2.45) is 0 Å². The molecule has 0 fully saturated rings. The van der Waals surface area contributed by atoms with Crippen LogP contribution in [0.3, 0.4) is 0 Å². The van der Waals surface area contributed by atoms with Crippen LogP contribution in [0.15, 0.2) is 24.3 Å². The van der Waals surface area contributed by atoms with Crippen LogP contribution >= 0.6 is 34.8 Å². The quantitative estimate of drug-likeness (QED) is 0.683. The van der Waals surface area contributed by atoms with Crippen LogP contribution in [0.5, 0.6) is 0 Å². The van der Waals surface area contributed by atoms with Gasteiger partial charge in [0.2, 0.25) is 0 Å². The summed E-state index contributed by atoms with van der Waals surface area (Å²) in [6, 6.07) is 6.75. The summed E-state index contributed by atoms with van der Waals surface area (Å²) in [7, 11) is 0. The first-order valence-electron chi connectivity index (χ1n) is 4.16. The minimum atomic E-state index is 0.414. The van der Waals surface area contributed by atoms with Gasteiger partial charge in [-0.3, -0.25) is 4.79 Å². The fraction of sp³-hybridized carbons (Fsp3) is 0. The topological polar surface area (TPSA) is 17.1 Å². The predicted molar refractivity (Wildman–Crippen MR) is 64.4 cm³/mol. The molecule has 2 rings (SSSR count). The van der Waals surface area contributed by atoms with Crippen molar-refractivity contribution >= 4 is 51.9 Å². The maximum Gasteiger partial charge on any atom is 0.150 e. The van der Waals surface area contributed by atoms with Gasteiger partial charge in [-0.05, 0) is 23.6 Å².